The van der Waals surface area contributed by atoms with Crippen LogP contribution in [-0.2, 0) is 11.3 Å². The van der Waals surface area contributed by atoms with E-state index in [1.54, 1.807) is 18.4 Å². The molecule has 130 valence electrons. The Morgan fingerprint density at radius 3 is 2.68 bits per heavy atom. The van der Waals surface area contributed by atoms with E-state index in [2.05, 4.69) is 27.5 Å². The first kappa shape index (κ1) is 17.2. The van der Waals surface area contributed by atoms with E-state index in [0.29, 0.717) is 12.4 Å². The van der Waals surface area contributed by atoms with E-state index in [1.165, 1.54) is 11.2 Å². The van der Waals surface area contributed by atoms with Gasteiger partial charge in [0.25, 0.3) is 0 Å². The SMILES string of the molecule is COc1ccc(CNC(=O)CNc2ncnc3sc(C)c(C)c23)cc1. The lowest BCUT2D eigenvalue weighted by atomic mass is 10.2. The summed E-state index contributed by atoms with van der Waals surface area (Å²) in [5.74, 6) is 1.41. The molecule has 25 heavy (non-hydrogen) atoms. The van der Waals surface area contributed by atoms with Gasteiger partial charge in [0.15, 0.2) is 0 Å². The highest BCUT2D eigenvalue weighted by Gasteiger charge is 2.12. The van der Waals surface area contributed by atoms with E-state index < -0.39 is 0 Å². The van der Waals surface area contributed by atoms with Gasteiger partial charge in [-0.25, -0.2) is 9.97 Å². The van der Waals surface area contributed by atoms with Crippen molar-refractivity contribution in [2.45, 2.75) is 20.4 Å². The zero-order valence-electron chi connectivity index (χ0n) is 14.4. The molecule has 0 atom stereocenters. The second kappa shape index (κ2) is 7.48. The zero-order valence-corrected chi connectivity index (χ0v) is 15.2. The molecule has 1 amide bonds. The molecule has 7 heteroatoms. The Balaban J connectivity index is 1.59. The first-order valence-electron chi connectivity index (χ1n) is 7.92. The topological polar surface area (TPSA) is 76.1 Å². The van der Waals surface area contributed by atoms with Gasteiger partial charge < -0.3 is 15.4 Å². The second-order valence-electron chi connectivity index (χ2n) is 5.66. The molecule has 1 aromatic carbocycles. The molecule has 0 spiro atoms. The third-order valence-corrected chi connectivity index (χ3v) is 5.15. The Labute approximate surface area is 150 Å². The van der Waals surface area contributed by atoms with Crippen LogP contribution in [0.25, 0.3) is 10.2 Å². The van der Waals surface area contributed by atoms with Crippen molar-refractivity contribution in [3.63, 3.8) is 0 Å². The Kier molecular flexibility index (Phi) is 5.14. The van der Waals surface area contributed by atoms with E-state index in [9.17, 15) is 4.79 Å². The summed E-state index contributed by atoms with van der Waals surface area (Å²) in [6.07, 6.45) is 1.52. The van der Waals surface area contributed by atoms with Gasteiger partial charge in [-0.3, -0.25) is 4.79 Å². The number of nitrogens with one attached hydrogen (secondary N) is 2. The Morgan fingerprint density at radius 1 is 1.20 bits per heavy atom. The number of anilines is 1. The van der Waals surface area contributed by atoms with E-state index in [-0.39, 0.29) is 12.5 Å². The van der Waals surface area contributed by atoms with Crippen LogP contribution in [0, 0.1) is 13.8 Å². The van der Waals surface area contributed by atoms with Gasteiger partial charge >= 0.3 is 0 Å². The number of rotatable bonds is 6. The average Bonchev–Trinajstić information content (AvgIpc) is 2.93. The molecule has 0 saturated carbocycles. The molecule has 0 aliphatic rings. The van der Waals surface area contributed by atoms with Crippen molar-refractivity contribution in [3.8, 4) is 5.75 Å². The summed E-state index contributed by atoms with van der Waals surface area (Å²) >= 11 is 1.64. The van der Waals surface area contributed by atoms with Crippen LogP contribution in [0.3, 0.4) is 0 Å². The first-order valence-corrected chi connectivity index (χ1v) is 8.74. The van der Waals surface area contributed by atoms with Crippen molar-refractivity contribution < 1.29 is 9.53 Å². The average molecular weight is 356 g/mol. The summed E-state index contributed by atoms with van der Waals surface area (Å²) in [6, 6.07) is 7.61. The summed E-state index contributed by atoms with van der Waals surface area (Å²) in [4.78, 5) is 22.8. The lowest BCUT2D eigenvalue weighted by molar-refractivity contribution is -0.119. The number of hydrogen-bond donors (Lipinski definition) is 2. The molecule has 0 fully saturated rings. The maximum Gasteiger partial charge on any atom is 0.239 e. The molecule has 2 N–H and O–H groups in total. The summed E-state index contributed by atoms with van der Waals surface area (Å²) < 4.78 is 5.12. The van der Waals surface area contributed by atoms with Crippen LogP contribution in [0.5, 0.6) is 5.75 Å². The second-order valence-corrected chi connectivity index (χ2v) is 6.87. The molecule has 3 rings (SSSR count). The number of aromatic nitrogens is 2. The van der Waals surface area contributed by atoms with Crippen LogP contribution in [0.2, 0.25) is 0 Å². The van der Waals surface area contributed by atoms with Crippen molar-refractivity contribution in [2.24, 2.45) is 0 Å². The standard InChI is InChI=1S/C18H20N4O2S/c1-11-12(2)25-18-16(11)17(21-10-22-18)20-9-15(23)19-8-13-4-6-14(24-3)7-5-13/h4-7,10H,8-9H2,1-3H3,(H,19,23)(H,20,21,22). The maximum atomic E-state index is 12.1. The Hall–Kier alpha value is -2.67. The van der Waals surface area contributed by atoms with Crippen LogP contribution < -0.4 is 15.4 Å². The quantitative estimate of drug-likeness (QED) is 0.710. The number of carbonyl (C=O) groups excluding carboxylic acids is 1. The van der Waals surface area contributed by atoms with Crippen LogP contribution in [0.4, 0.5) is 5.82 Å². The van der Waals surface area contributed by atoms with Crippen molar-refractivity contribution in [3.05, 3.63) is 46.6 Å². The minimum absolute atomic E-state index is 0.0906. The van der Waals surface area contributed by atoms with E-state index >= 15 is 0 Å². The molecule has 0 unspecified atom stereocenters. The van der Waals surface area contributed by atoms with Gasteiger partial charge in [0.05, 0.1) is 19.0 Å². The number of hydrogen-bond acceptors (Lipinski definition) is 6. The van der Waals surface area contributed by atoms with Gasteiger partial charge in [0.1, 0.15) is 22.7 Å². The van der Waals surface area contributed by atoms with Gasteiger partial charge in [-0.1, -0.05) is 12.1 Å². The smallest absolute Gasteiger partial charge is 0.239 e. The summed E-state index contributed by atoms with van der Waals surface area (Å²) in [6.45, 7) is 4.75. The fraction of sp³-hybridized carbons (Fsp3) is 0.278. The van der Waals surface area contributed by atoms with Crippen LogP contribution >= 0.6 is 11.3 Å². The van der Waals surface area contributed by atoms with E-state index in [1.807, 2.05) is 31.2 Å². The third kappa shape index (κ3) is 3.88. The Bertz CT molecular complexity index is 890. The molecule has 0 saturated heterocycles. The molecule has 0 radical (unpaired) electrons. The fourth-order valence-corrected chi connectivity index (χ4v) is 3.48. The number of benzene rings is 1. The molecular formula is C18H20N4O2S. The fourth-order valence-electron chi connectivity index (χ4n) is 2.49. The Morgan fingerprint density at radius 2 is 1.96 bits per heavy atom. The largest absolute Gasteiger partial charge is 0.497 e. The third-order valence-electron chi connectivity index (χ3n) is 4.03. The lowest BCUT2D eigenvalue weighted by Crippen LogP contribution is -2.29. The summed E-state index contributed by atoms with van der Waals surface area (Å²) in [5.41, 5.74) is 2.17. The highest BCUT2D eigenvalue weighted by molar-refractivity contribution is 7.18. The predicted molar refractivity (Wildman–Crippen MR) is 100 cm³/mol. The number of methoxy groups -OCH3 is 1. The lowest BCUT2D eigenvalue weighted by Gasteiger charge is -2.09. The number of aryl methyl sites for hydroxylation is 2. The molecule has 0 aliphatic carbocycles. The normalized spacial score (nSPS) is 10.7. The number of carbonyl (C=O) groups is 1. The predicted octanol–water partition coefficient (Wildman–Crippen LogP) is 3.05. The highest BCUT2D eigenvalue weighted by Crippen LogP contribution is 2.32. The van der Waals surface area contributed by atoms with Crippen LogP contribution in [0.1, 0.15) is 16.0 Å². The summed E-state index contributed by atoms with van der Waals surface area (Å²) in [7, 11) is 1.63. The molecule has 0 aliphatic heterocycles. The number of thiophene rings is 1. The molecule has 3 aromatic rings. The molecular weight excluding hydrogens is 336 g/mol. The molecule has 0 bridgehead atoms. The minimum atomic E-state index is -0.0906. The monoisotopic (exact) mass is 356 g/mol. The van der Waals surface area contributed by atoms with Crippen molar-refractivity contribution in [1.29, 1.82) is 0 Å². The number of amides is 1. The van der Waals surface area contributed by atoms with Crippen molar-refractivity contribution >= 4 is 33.3 Å². The van der Waals surface area contributed by atoms with Gasteiger partial charge in [-0.15, -0.1) is 11.3 Å². The highest BCUT2D eigenvalue weighted by atomic mass is 32.1. The first-order chi connectivity index (χ1) is 12.1. The number of ether oxygens (including phenoxy) is 1. The number of nitrogens with zero attached hydrogens (tertiary/aromatic N) is 2. The van der Waals surface area contributed by atoms with E-state index in [4.69, 9.17) is 4.74 Å². The molecule has 6 nitrogen and oxygen atoms in total. The molecule has 2 aromatic heterocycles. The van der Waals surface area contributed by atoms with Crippen molar-refractivity contribution in [1.82, 2.24) is 15.3 Å². The van der Waals surface area contributed by atoms with Crippen LogP contribution in [0.15, 0.2) is 30.6 Å². The molecule has 2 heterocycles. The minimum Gasteiger partial charge on any atom is -0.497 e. The zero-order chi connectivity index (χ0) is 17.8. The summed E-state index contributed by atoms with van der Waals surface area (Å²) in [5, 5.41) is 7.00. The maximum absolute atomic E-state index is 12.1. The van der Waals surface area contributed by atoms with E-state index in [0.717, 1.165) is 27.1 Å². The van der Waals surface area contributed by atoms with Gasteiger partial charge in [0, 0.05) is 11.4 Å². The van der Waals surface area contributed by atoms with Crippen molar-refractivity contribution in [2.75, 3.05) is 19.0 Å². The van der Waals surface area contributed by atoms with Gasteiger partial charge in [-0.2, -0.15) is 0 Å². The number of fused-ring (bicyclic) bond motifs is 1. The van der Waals surface area contributed by atoms with Gasteiger partial charge in [0.2, 0.25) is 5.91 Å². The van der Waals surface area contributed by atoms with Gasteiger partial charge in [-0.05, 0) is 37.1 Å². The van der Waals surface area contributed by atoms with Crippen LogP contribution in [-0.4, -0.2) is 29.5 Å².